The van der Waals surface area contributed by atoms with E-state index in [4.69, 9.17) is 15.9 Å². The predicted molar refractivity (Wildman–Crippen MR) is 75.4 cm³/mol. The van der Waals surface area contributed by atoms with Gasteiger partial charge < -0.3 is 21.3 Å². The lowest BCUT2D eigenvalue weighted by Crippen LogP contribution is -2.28. The van der Waals surface area contributed by atoms with Crippen molar-refractivity contribution in [2.75, 3.05) is 24.3 Å². The van der Waals surface area contributed by atoms with Crippen LogP contribution in [0.25, 0.3) is 10.9 Å². The highest BCUT2D eigenvalue weighted by Crippen LogP contribution is 2.30. The number of aliphatic hydroxyl groups excluding tert-OH is 2. The number of rotatable bonds is 4. The topological polar surface area (TPSA) is 91.4 Å². The van der Waals surface area contributed by atoms with Crippen LogP contribution in [-0.2, 0) is 0 Å². The lowest BCUT2D eigenvalue weighted by Gasteiger charge is -2.18. The van der Waals surface area contributed by atoms with Gasteiger partial charge in [-0.25, -0.2) is 0 Å². The summed E-state index contributed by atoms with van der Waals surface area (Å²) in [4.78, 5) is 4.23. The lowest BCUT2D eigenvalue weighted by molar-refractivity contribution is 0.204. The SMILES string of the molecule is Nc1cnc2ccc(Br)cc2c1NC(CO)CO. The Morgan fingerprint density at radius 3 is 2.72 bits per heavy atom. The average Bonchev–Trinajstić information content (AvgIpc) is 2.38. The standard InChI is InChI=1S/C12H14BrN3O2/c13-7-1-2-11-9(3-7)12(10(14)4-15-11)16-8(5-17)6-18/h1-4,8,17-18H,5-6,14H2,(H,15,16). The van der Waals surface area contributed by atoms with Gasteiger partial charge in [0.2, 0.25) is 0 Å². The van der Waals surface area contributed by atoms with Crippen molar-refractivity contribution in [1.82, 2.24) is 4.98 Å². The van der Waals surface area contributed by atoms with E-state index in [9.17, 15) is 0 Å². The van der Waals surface area contributed by atoms with Gasteiger partial charge in [-0.15, -0.1) is 0 Å². The van der Waals surface area contributed by atoms with Crippen LogP contribution >= 0.6 is 15.9 Å². The van der Waals surface area contributed by atoms with E-state index in [0.29, 0.717) is 11.4 Å². The molecule has 0 spiro atoms. The van der Waals surface area contributed by atoms with Gasteiger partial charge in [0, 0.05) is 9.86 Å². The third-order valence-electron chi connectivity index (χ3n) is 2.65. The van der Waals surface area contributed by atoms with Crippen LogP contribution in [0.4, 0.5) is 11.4 Å². The van der Waals surface area contributed by atoms with Crippen molar-refractivity contribution in [2.24, 2.45) is 0 Å². The second kappa shape index (κ2) is 5.51. The lowest BCUT2D eigenvalue weighted by atomic mass is 10.1. The fraction of sp³-hybridized carbons (Fsp3) is 0.250. The number of pyridine rings is 1. The Balaban J connectivity index is 2.52. The summed E-state index contributed by atoms with van der Waals surface area (Å²) < 4.78 is 0.912. The minimum Gasteiger partial charge on any atom is -0.396 e. The van der Waals surface area contributed by atoms with Crippen LogP contribution in [0.1, 0.15) is 0 Å². The van der Waals surface area contributed by atoms with Gasteiger partial charge in [0.05, 0.1) is 42.3 Å². The van der Waals surface area contributed by atoms with Gasteiger partial charge >= 0.3 is 0 Å². The molecular formula is C12H14BrN3O2. The second-order valence-electron chi connectivity index (χ2n) is 3.96. The molecule has 1 aromatic heterocycles. The molecule has 0 aliphatic carbocycles. The Hall–Kier alpha value is -1.37. The van der Waals surface area contributed by atoms with Crippen LogP contribution in [0.5, 0.6) is 0 Å². The summed E-state index contributed by atoms with van der Waals surface area (Å²) in [5, 5.41) is 22.1. The Kier molecular flexibility index (Phi) is 4.00. The van der Waals surface area contributed by atoms with Crippen molar-refractivity contribution < 1.29 is 10.2 Å². The predicted octanol–water partition coefficient (Wildman–Crippen LogP) is 1.34. The number of nitrogens with zero attached hydrogens (tertiary/aromatic N) is 1. The highest BCUT2D eigenvalue weighted by atomic mass is 79.9. The molecule has 0 aliphatic heterocycles. The molecule has 18 heavy (non-hydrogen) atoms. The van der Waals surface area contributed by atoms with Gasteiger partial charge in [-0.3, -0.25) is 4.98 Å². The number of benzene rings is 1. The number of halogens is 1. The molecule has 0 fully saturated rings. The number of nitrogens with two attached hydrogens (primary N) is 1. The van der Waals surface area contributed by atoms with Crippen LogP contribution in [-0.4, -0.2) is 34.5 Å². The van der Waals surface area contributed by atoms with E-state index in [0.717, 1.165) is 15.4 Å². The molecule has 6 heteroatoms. The maximum Gasteiger partial charge on any atom is 0.0743 e. The van der Waals surface area contributed by atoms with E-state index in [2.05, 4.69) is 26.2 Å². The molecule has 0 saturated carbocycles. The molecule has 0 aliphatic rings. The number of fused-ring (bicyclic) bond motifs is 1. The second-order valence-corrected chi connectivity index (χ2v) is 4.87. The van der Waals surface area contributed by atoms with Crippen LogP contribution in [0, 0.1) is 0 Å². The molecule has 0 bridgehead atoms. The van der Waals surface area contributed by atoms with Crippen molar-refractivity contribution in [1.29, 1.82) is 0 Å². The van der Waals surface area contributed by atoms with Crippen molar-refractivity contribution in [3.63, 3.8) is 0 Å². The molecule has 0 radical (unpaired) electrons. The normalized spacial score (nSPS) is 11.1. The molecule has 2 rings (SSSR count). The number of hydrogen-bond acceptors (Lipinski definition) is 5. The van der Waals surface area contributed by atoms with Crippen molar-refractivity contribution in [2.45, 2.75) is 6.04 Å². The first-order chi connectivity index (χ1) is 8.65. The summed E-state index contributed by atoms with van der Waals surface area (Å²) in [5.74, 6) is 0. The molecule has 1 heterocycles. The summed E-state index contributed by atoms with van der Waals surface area (Å²) in [6, 6.07) is 5.21. The third-order valence-corrected chi connectivity index (χ3v) is 3.14. The minimum absolute atomic E-state index is 0.173. The Labute approximate surface area is 113 Å². The van der Waals surface area contributed by atoms with E-state index >= 15 is 0 Å². The third kappa shape index (κ3) is 2.55. The fourth-order valence-corrected chi connectivity index (χ4v) is 2.06. The van der Waals surface area contributed by atoms with Gasteiger partial charge in [0.15, 0.2) is 0 Å². The van der Waals surface area contributed by atoms with E-state index < -0.39 is 6.04 Å². The molecule has 1 aromatic carbocycles. The number of nitrogen functional groups attached to an aromatic ring is 1. The molecule has 96 valence electrons. The number of anilines is 2. The van der Waals surface area contributed by atoms with E-state index in [1.165, 1.54) is 0 Å². The van der Waals surface area contributed by atoms with E-state index in [1.54, 1.807) is 6.20 Å². The molecule has 0 atom stereocenters. The van der Waals surface area contributed by atoms with E-state index in [-0.39, 0.29) is 13.2 Å². The highest BCUT2D eigenvalue weighted by Gasteiger charge is 2.12. The molecular weight excluding hydrogens is 298 g/mol. The molecule has 5 N–H and O–H groups in total. The zero-order valence-corrected chi connectivity index (χ0v) is 11.2. The van der Waals surface area contributed by atoms with Crippen LogP contribution in [0.15, 0.2) is 28.9 Å². The van der Waals surface area contributed by atoms with Gasteiger partial charge in [0.25, 0.3) is 0 Å². The van der Waals surface area contributed by atoms with Gasteiger partial charge in [-0.2, -0.15) is 0 Å². The largest absolute Gasteiger partial charge is 0.396 e. The zero-order valence-electron chi connectivity index (χ0n) is 9.60. The first-order valence-corrected chi connectivity index (χ1v) is 6.27. The highest BCUT2D eigenvalue weighted by molar-refractivity contribution is 9.10. The van der Waals surface area contributed by atoms with Crippen LogP contribution in [0.3, 0.4) is 0 Å². The Morgan fingerprint density at radius 1 is 1.33 bits per heavy atom. The minimum atomic E-state index is -0.447. The van der Waals surface area contributed by atoms with E-state index in [1.807, 2.05) is 18.2 Å². The van der Waals surface area contributed by atoms with Gasteiger partial charge in [-0.1, -0.05) is 15.9 Å². The summed E-state index contributed by atoms with van der Waals surface area (Å²) >= 11 is 3.40. The first-order valence-electron chi connectivity index (χ1n) is 5.47. The zero-order chi connectivity index (χ0) is 13.1. The van der Waals surface area contributed by atoms with Crippen molar-refractivity contribution in [3.8, 4) is 0 Å². The summed E-state index contributed by atoms with van der Waals surface area (Å²) in [6.07, 6.45) is 1.56. The van der Waals surface area contributed by atoms with Gasteiger partial charge in [0.1, 0.15) is 0 Å². The quantitative estimate of drug-likeness (QED) is 0.684. The molecule has 0 unspecified atom stereocenters. The maximum atomic E-state index is 9.12. The molecule has 0 amide bonds. The monoisotopic (exact) mass is 311 g/mol. The smallest absolute Gasteiger partial charge is 0.0743 e. The summed E-state index contributed by atoms with van der Waals surface area (Å²) in [7, 11) is 0. The van der Waals surface area contributed by atoms with Gasteiger partial charge in [-0.05, 0) is 18.2 Å². The average molecular weight is 312 g/mol. The number of aromatic nitrogens is 1. The fourth-order valence-electron chi connectivity index (χ4n) is 1.69. The molecule has 0 saturated heterocycles. The number of hydrogen-bond donors (Lipinski definition) is 4. The Bertz CT molecular complexity index is 553. The van der Waals surface area contributed by atoms with Crippen LogP contribution in [0.2, 0.25) is 0 Å². The maximum absolute atomic E-state index is 9.12. The van der Waals surface area contributed by atoms with Crippen LogP contribution < -0.4 is 11.1 Å². The number of nitrogens with one attached hydrogen (secondary N) is 1. The first kappa shape index (κ1) is 13.1. The summed E-state index contributed by atoms with van der Waals surface area (Å²) in [6.45, 7) is -0.346. The van der Waals surface area contributed by atoms with Crippen molar-refractivity contribution in [3.05, 3.63) is 28.9 Å². The van der Waals surface area contributed by atoms with Crippen molar-refractivity contribution >= 4 is 38.2 Å². The summed E-state index contributed by atoms with van der Waals surface area (Å²) in [5.41, 5.74) is 7.84. The Morgan fingerprint density at radius 2 is 2.06 bits per heavy atom. The molecule has 5 nitrogen and oxygen atoms in total. The molecule has 2 aromatic rings. The number of aliphatic hydroxyl groups is 2.